The van der Waals surface area contributed by atoms with Gasteiger partial charge in [-0.2, -0.15) is 4.31 Å². The number of benzene rings is 2. The Morgan fingerprint density at radius 1 is 0.963 bits per heavy atom. The summed E-state index contributed by atoms with van der Waals surface area (Å²) in [5.74, 6) is 0.687. The zero-order valence-electron chi connectivity index (χ0n) is 15.6. The van der Waals surface area contributed by atoms with E-state index in [1.807, 2.05) is 25.1 Å². The van der Waals surface area contributed by atoms with Gasteiger partial charge in [-0.3, -0.25) is 4.90 Å². The maximum absolute atomic E-state index is 12.8. The highest BCUT2D eigenvalue weighted by Gasteiger charge is 2.28. The molecule has 5 nitrogen and oxygen atoms in total. The lowest BCUT2D eigenvalue weighted by Gasteiger charge is -2.33. The number of nitrogens with zero attached hydrogens (tertiary/aromatic N) is 2. The molecule has 0 unspecified atom stereocenters. The Bertz CT molecular complexity index is 841. The number of piperazine rings is 1. The predicted octanol–water partition coefficient (Wildman–Crippen LogP) is 3.11. The Kier molecular flexibility index (Phi) is 6.66. The summed E-state index contributed by atoms with van der Waals surface area (Å²) in [6.07, 6.45) is 4.23. The first-order valence-electron chi connectivity index (χ1n) is 9.26. The molecule has 2 aromatic rings. The van der Waals surface area contributed by atoms with Crippen LogP contribution in [-0.4, -0.2) is 57.0 Å². The molecule has 144 valence electrons. The van der Waals surface area contributed by atoms with Crippen molar-refractivity contribution in [3.8, 4) is 5.75 Å². The summed E-state index contributed by atoms with van der Waals surface area (Å²) in [5.41, 5.74) is 1.18. The van der Waals surface area contributed by atoms with Crippen LogP contribution in [0.15, 0.2) is 65.6 Å². The van der Waals surface area contributed by atoms with Gasteiger partial charge in [-0.05, 0) is 36.8 Å². The second kappa shape index (κ2) is 9.17. The minimum absolute atomic E-state index is 0.323. The molecule has 1 heterocycles. The van der Waals surface area contributed by atoms with Crippen LogP contribution in [0.2, 0.25) is 0 Å². The lowest BCUT2D eigenvalue weighted by molar-refractivity contribution is 0.204. The topological polar surface area (TPSA) is 49.9 Å². The molecule has 0 aromatic heterocycles. The maximum Gasteiger partial charge on any atom is 0.243 e. The fourth-order valence-electron chi connectivity index (χ4n) is 3.08. The molecule has 1 fully saturated rings. The highest BCUT2D eigenvalue weighted by Crippen LogP contribution is 2.21. The van der Waals surface area contributed by atoms with Crippen molar-refractivity contribution in [2.45, 2.75) is 11.8 Å². The average Bonchev–Trinajstić information content (AvgIpc) is 2.70. The largest absolute Gasteiger partial charge is 0.494 e. The van der Waals surface area contributed by atoms with Gasteiger partial charge < -0.3 is 4.74 Å². The lowest BCUT2D eigenvalue weighted by atomic mass is 10.2. The lowest BCUT2D eigenvalue weighted by Crippen LogP contribution is -2.48. The van der Waals surface area contributed by atoms with E-state index in [1.54, 1.807) is 28.6 Å². The molecule has 3 rings (SSSR count). The summed E-state index contributed by atoms with van der Waals surface area (Å²) in [4.78, 5) is 2.59. The predicted molar refractivity (Wildman–Crippen MR) is 108 cm³/mol. The third kappa shape index (κ3) is 5.19. The van der Waals surface area contributed by atoms with Gasteiger partial charge in [-0.1, -0.05) is 42.5 Å². The van der Waals surface area contributed by atoms with Crippen LogP contribution in [0.25, 0.3) is 6.08 Å². The Morgan fingerprint density at radius 3 is 2.26 bits per heavy atom. The van der Waals surface area contributed by atoms with Gasteiger partial charge in [0.1, 0.15) is 5.75 Å². The van der Waals surface area contributed by atoms with Gasteiger partial charge >= 0.3 is 0 Å². The second-order valence-electron chi connectivity index (χ2n) is 6.42. The smallest absolute Gasteiger partial charge is 0.243 e. The van der Waals surface area contributed by atoms with Gasteiger partial charge in [-0.25, -0.2) is 8.42 Å². The van der Waals surface area contributed by atoms with E-state index in [-0.39, 0.29) is 0 Å². The Hall–Kier alpha value is -2.15. The number of sulfonamides is 1. The Balaban J connectivity index is 1.54. The molecule has 6 heteroatoms. The SMILES string of the molecule is CCOc1ccc(S(=O)(=O)N2CCN(CC=Cc3ccccc3)CC2)cc1. The second-order valence-corrected chi connectivity index (χ2v) is 8.36. The highest BCUT2D eigenvalue weighted by molar-refractivity contribution is 7.89. The van der Waals surface area contributed by atoms with Gasteiger partial charge in [0.15, 0.2) is 0 Å². The normalized spacial score (nSPS) is 16.6. The van der Waals surface area contributed by atoms with Crippen LogP contribution >= 0.6 is 0 Å². The summed E-state index contributed by atoms with van der Waals surface area (Å²) >= 11 is 0. The van der Waals surface area contributed by atoms with Crippen LogP contribution in [0.5, 0.6) is 5.75 Å². The third-order valence-corrected chi connectivity index (χ3v) is 6.49. The Morgan fingerprint density at radius 2 is 1.63 bits per heavy atom. The van der Waals surface area contributed by atoms with E-state index in [4.69, 9.17) is 4.74 Å². The number of ether oxygens (including phenoxy) is 1. The molecule has 1 aliphatic rings. The van der Waals surface area contributed by atoms with Crippen molar-refractivity contribution in [3.05, 3.63) is 66.2 Å². The van der Waals surface area contributed by atoms with Gasteiger partial charge in [0.2, 0.25) is 10.0 Å². The molecule has 27 heavy (non-hydrogen) atoms. The van der Waals surface area contributed by atoms with E-state index in [0.29, 0.717) is 30.3 Å². The first-order chi connectivity index (χ1) is 13.1. The van der Waals surface area contributed by atoms with E-state index in [9.17, 15) is 8.42 Å². The monoisotopic (exact) mass is 386 g/mol. The van der Waals surface area contributed by atoms with Crippen LogP contribution in [0.1, 0.15) is 12.5 Å². The van der Waals surface area contributed by atoms with Crippen molar-refractivity contribution < 1.29 is 13.2 Å². The fraction of sp³-hybridized carbons (Fsp3) is 0.333. The summed E-state index contributed by atoms with van der Waals surface area (Å²) in [6.45, 7) is 5.77. The highest BCUT2D eigenvalue weighted by atomic mass is 32.2. The number of hydrogen-bond acceptors (Lipinski definition) is 4. The molecule has 0 spiro atoms. The van der Waals surface area contributed by atoms with Crippen molar-refractivity contribution in [2.75, 3.05) is 39.3 Å². The summed E-state index contributed by atoms with van der Waals surface area (Å²) in [5, 5.41) is 0. The molecule has 0 radical (unpaired) electrons. The van der Waals surface area contributed by atoms with Crippen molar-refractivity contribution >= 4 is 16.1 Å². The summed E-state index contributed by atoms with van der Waals surface area (Å²) in [7, 11) is -3.45. The standard InChI is InChI=1S/C21H26N2O3S/c1-2-26-20-10-12-21(13-11-20)27(24,25)23-17-15-22(16-18-23)14-6-9-19-7-4-3-5-8-19/h3-13H,2,14-18H2,1H3. The van der Waals surface area contributed by atoms with Crippen molar-refractivity contribution in [2.24, 2.45) is 0 Å². The van der Waals surface area contributed by atoms with Gasteiger partial charge in [-0.15, -0.1) is 0 Å². The quantitative estimate of drug-likeness (QED) is 0.734. The first kappa shape index (κ1) is 19.6. The zero-order valence-corrected chi connectivity index (χ0v) is 16.4. The molecule has 0 atom stereocenters. The van der Waals surface area contributed by atoms with Crippen LogP contribution in [0.4, 0.5) is 0 Å². The molecule has 1 aliphatic heterocycles. The number of rotatable bonds is 7. The molecule has 1 saturated heterocycles. The van der Waals surface area contributed by atoms with Gasteiger partial charge in [0, 0.05) is 32.7 Å². The third-order valence-electron chi connectivity index (χ3n) is 4.58. The molecule has 0 aliphatic carbocycles. The average molecular weight is 387 g/mol. The molecular weight excluding hydrogens is 360 g/mol. The molecule has 0 saturated carbocycles. The van der Waals surface area contributed by atoms with E-state index >= 15 is 0 Å². The van der Waals surface area contributed by atoms with Crippen LogP contribution in [-0.2, 0) is 10.0 Å². The van der Waals surface area contributed by atoms with Gasteiger partial charge in [0.25, 0.3) is 0 Å². The van der Waals surface area contributed by atoms with Crippen LogP contribution in [0, 0.1) is 0 Å². The molecular formula is C21H26N2O3S. The summed E-state index contributed by atoms with van der Waals surface area (Å²) in [6, 6.07) is 16.8. The van der Waals surface area contributed by atoms with Gasteiger partial charge in [0.05, 0.1) is 11.5 Å². The molecule has 2 aromatic carbocycles. The summed E-state index contributed by atoms with van der Waals surface area (Å²) < 4.78 is 32.6. The van der Waals surface area contributed by atoms with Crippen molar-refractivity contribution in [3.63, 3.8) is 0 Å². The molecule has 0 amide bonds. The first-order valence-corrected chi connectivity index (χ1v) is 10.7. The van der Waals surface area contributed by atoms with E-state index in [2.05, 4.69) is 29.2 Å². The minimum Gasteiger partial charge on any atom is -0.494 e. The molecule has 0 bridgehead atoms. The number of hydrogen-bond donors (Lipinski definition) is 0. The fourth-order valence-corrected chi connectivity index (χ4v) is 4.50. The van der Waals surface area contributed by atoms with E-state index < -0.39 is 10.0 Å². The Labute approximate surface area is 161 Å². The van der Waals surface area contributed by atoms with Crippen molar-refractivity contribution in [1.29, 1.82) is 0 Å². The minimum atomic E-state index is -3.45. The zero-order chi connectivity index (χ0) is 19.1. The van der Waals surface area contributed by atoms with E-state index in [0.717, 1.165) is 19.6 Å². The van der Waals surface area contributed by atoms with E-state index in [1.165, 1.54) is 5.56 Å². The molecule has 0 N–H and O–H groups in total. The van der Waals surface area contributed by atoms with Crippen LogP contribution < -0.4 is 4.74 Å². The van der Waals surface area contributed by atoms with Crippen molar-refractivity contribution in [1.82, 2.24) is 9.21 Å². The van der Waals surface area contributed by atoms with Crippen LogP contribution in [0.3, 0.4) is 0 Å². The maximum atomic E-state index is 12.8.